The van der Waals surface area contributed by atoms with Gasteiger partial charge in [-0.15, -0.1) is 0 Å². The van der Waals surface area contributed by atoms with Crippen molar-refractivity contribution in [2.45, 2.75) is 66.0 Å². The van der Waals surface area contributed by atoms with Gasteiger partial charge in [-0.3, -0.25) is 19.2 Å². The highest BCUT2D eigenvalue weighted by Gasteiger charge is 2.21. The molecule has 0 spiro atoms. The van der Waals surface area contributed by atoms with Gasteiger partial charge in [-0.2, -0.15) is 0 Å². The third-order valence-electron chi connectivity index (χ3n) is 4.00. The van der Waals surface area contributed by atoms with E-state index < -0.39 is 30.1 Å². The minimum absolute atomic E-state index is 0.0439. The molecule has 0 saturated carbocycles. The zero-order chi connectivity index (χ0) is 23.6. The van der Waals surface area contributed by atoms with E-state index in [0.717, 1.165) is 6.42 Å². The van der Waals surface area contributed by atoms with Gasteiger partial charge in [-0.25, -0.2) is 0 Å². The number of esters is 4. The summed E-state index contributed by atoms with van der Waals surface area (Å²) in [4.78, 5) is 46.4. The Bertz CT molecular complexity index is 790. The lowest BCUT2D eigenvalue weighted by atomic mass is 10.1. The molecule has 1 aromatic carbocycles. The van der Waals surface area contributed by atoms with Gasteiger partial charge in [-0.05, 0) is 43.4 Å². The predicted molar refractivity (Wildman–Crippen MR) is 111 cm³/mol. The standard InChI is InChI=1S/C22H31NO8/c1-13(2)6-9-21(26)28-12-14(3)29-22(27)18(23)10-17-7-8-19(30-15(4)24)20(11-17)31-16(5)25/h7-8,11,13-14,18H,6,9-10,12,23H2,1-5H3/t14-,18-/m0/s1. The minimum Gasteiger partial charge on any atom is -0.462 e. The molecule has 2 N–H and O–H groups in total. The van der Waals surface area contributed by atoms with E-state index in [-0.39, 0.29) is 30.5 Å². The van der Waals surface area contributed by atoms with Crippen molar-refractivity contribution in [2.24, 2.45) is 11.7 Å². The molecule has 1 rings (SSSR count). The van der Waals surface area contributed by atoms with Crippen molar-refractivity contribution in [3.63, 3.8) is 0 Å². The first-order chi connectivity index (χ1) is 14.5. The van der Waals surface area contributed by atoms with E-state index in [9.17, 15) is 19.2 Å². The quantitative estimate of drug-likeness (QED) is 0.409. The molecule has 9 nitrogen and oxygen atoms in total. The number of hydrogen-bond acceptors (Lipinski definition) is 9. The van der Waals surface area contributed by atoms with Crippen molar-refractivity contribution in [1.29, 1.82) is 0 Å². The number of carbonyl (C=O) groups excluding carboxylic acids is 4. The molecule has 172 valence electrons. The Morgan fingerprint density at radius 2 is 1.58 bits per heavy atom. The molecule has 0 fully saturated rings. The van der Waals surface area contributed by atoms with Gasteiger partial charge in [0.15, 0.2) is 11.5 Å². The molecule has 0 aliphatic heterocycles. The number of nitrogens with two attached hydrogens (primary N) is 1. The van der Waals surface area contributed by atoms with Crippen LogP contribution in [-0.2, 0) is 35.1 Å². The van der Waals surface area contributed by atoms with Crippen LogP contribution in [0.3, 0.4) is 0 Å². The fourth-order valence-corrected chi connectivity index (χ4v) is 2.50. The Balaban J connectivity index is 2.63. The first-order valence-electron chi connectivity index (χ1n) is 10.1. The number of hydrogen-bond donors (Lipinski definition) is 1. The van der Waals surface area contributed by atoms with Gasteiger partial charge in [0.25, 0.3) is 0 Å². The number of rotatable bonds is 11. The van der Waals surface area contributed by atoms with Crippen LogP contribution >= 0.6 is 0 Å². The molecular weight excluding hydrogens is 406 g/mol. The van der Waals surface area contributed by atoms with Gasteiger partial charge in [-0.1, -0.05) is 19.9 Å². The average molecular weight is 437 g/mol. The second-order valence-corrected chi connectivity index (χ2v) is 7.64. The van der Waals surface area contributed by atoms with Gasteiger partial charge in [0.05, 0.1) is 0 Å². The third kappa shape index (κ3) is 10.6. The first kappa shape index (κ1) is 26.1. The molecule has 0 radical (unpaired) electrons. The van der Waals surface area contributed by atoms with E-state index in [0.29, 0.717) is 17.9 Å². The molecule has 0 unspecified atom stereocenters. The van der Waals surface area contributed by atoms with Gasteiger partial charge < -0.3 is 24.7 Å². The first-order valence-corrected chi connectivity index (χ1v) is 10.1. The van der Waals surface area contributed by atoms with Crippen molar-refractivity contribution >= 4 is 23.9 Å². The van der Waals surface area contributed by atoms with Gasteiger partial charge in [0.2, 0.25) is 0 Å². The molecule has 1 aromatic rings. The van der Waals surface area contributed by atoms with Crippen LogP contribution in [0.2, 0.25) is 0 Å². The van der Waals surface area contributed by atoms with Crippen molar-refractivity contribution in [2.75, 3.05) is 6.61 Å². The van der Waals surface area contributed by atoms with Crippen molar-refractivity contribution in [3.05, 3.63) is 23.8 Å². The zero-order valence-corrected chi connectivity index (χ0v) is 18.6. The van der Waals surface area contributed by atoms with Crippen molar-refractivity contribution in [1.82, 2.24) is 0 Å². The molecular formula is C22H31NO8. The molecule has 0 saturated heterocycles. The van der Waals surface area contributed by atoms with Crippen LogP contribution in [0.25, 0.3) is 0 Å². The van der Waals surface area contributed by atoms with E-state index in [1.807, 2.05) is 13.8 Å². The molecule has 0 heterocycles. The predicted octanol–water partition coefficient (Wildman–Crippen LogP) is 2.32. The maximum absolute atomic E-state index is 12.3. The molecule has 0 amide bonds. The third-order valence-corrected chi connectivity index (χ3v) is 4.00. The Hall–Kier alpha value is -2.94. The van der Waals surface area contributed by atoms with Crippen LogP contribution in [0.5, 0.6) is 11.5 Å². The van der Waals surface area contributed by atoms with Crippen LogP contribution in [0, 0.1) is 5.92 Å². The second kappa shape index (κ2) is 12.7. The van der Waals surface area contributed by atoms with Crippen molar-refractivity contribution in [3.8, 4) is 11.5 Å². The van der Waals surface area contributed by atoms with E-state index in [4.69, 9.17) is 24.7 Å². The van der Waals surface area contributed by atoms with Gasteiger partial charge in [0.1, 0.15) is 18.8 Å². The van der Waals surface area contributed by atoms with E-state index in [1.54, 1.807) is 13.0 Å². The zero-order valence-electron chi connectivity index (χ0n) is 18.6. The van der Waals surface area contributed by atoms with Gasteiger partial charge in [0, 0.05) is 20.3 Å². The van der Waals surface area contributed by atoms with E-state index >= 15 is 0 Å². The topological polar surface area (TPSA) is 131 Å². The molecule has 31 heavy (non-hydrogen) atoms. The summed E-state index contributed by atoms with van der Waals surface area (Å²) < 4.78 is 20.4. The Labute approximate surface area is 182 Å². The van der Waals surface area contributed by atoms with E-state index in [2.05, 4.69) is 0 Å². The number of ether oxygens (including phenoxy) is 4. The number of benzene rings is 1. The summed E-state index contributed by atoms with van der Waals surface area (Å²) in [5.41, 5.74) is 6.50. The van der Waals surface area contributed by atoms with Crippen LogP contribution in [0.4, 0.5) is 0 Å². The average Bonchev–Trinajstić information content (AvgIpc) is 2.65. The van der Waals surface area contributed by atoms with Crippen LogP contribution < -0.4 is 15.2 Å². The Kier molecular flexibility index (Phi) is 10.7. The van der Waals surface area contributed by atoms with Crippen LogP contribution in [0.1, 0.15) is 53.0 Å². The molecule has 9 heteroatoms. The monoisotopic (exact) mass is 437 g/mol. The van der Waals surface area contributed by atoms with E-state index in [1.165, 1.54) is 26.0 Å². The SMILES string of the molecule is CC(=O)Oc1ccc(C[C@H](N)C(=O)O[C@@H](C)COC(=O)CCC(C)C)cc1OC(C)=O. The Morgan fingerprint density at radius 1 is 0.968 bits per heavy atom. The summed E-state index contributed by atoms with van der Waals surface area (Å²) in [5, 5.41) is 0. The molecule has 0 bridgehead atoms. The fourth-order valence-electron chi connectivity index (χ4n) is 2.50. The largest absolute Gasteiger partial charge is 0.462 e. The summed E-state index contributed by atoms with van der Waals surface area (Å²) >= 11 is 0. The summed E-state index contributed by atoms with van der Waals surface area (Å²) in [6.45, 7) is 8.01. The lowest BCUT2D eigenvalue weighted by molar-refractivity contribution is -0.159. The summed E-state index contributed by atoms with van der Waals surface area (Å²) in [7, 11) is 0. The molecule has 2 atom stereocenters. The molecule has 0 aliphatic carbocycles. The second-order valence-electron chi connectivity index (χ2n) is 7.64. The minimum atomic E-state index is -0.996. The summed E-state index contributed by atoms with van der Waals surface area (Å²) in [5.74, 6) is -1.65. The van der Waals surface area contributed by atoms with Crippen LogP contribution in [0.15, 0.2) is 18.2 Å². The lowest BCUT2D eigenvalue weighted by Gasteiger charge is -2.17. The fraction of sp³-hybridized carbons (Fsp3) is 0.545. The normalized spacial score (nSPS) is 12.6. The highest BCUT2D eigenvalue weighted by molar-refractivity contribution is 5.76. The maximum Gasteiger partial charge on any atom is 0.323 e. The lowest BCUT2D eigenvalue weighted by Crippen LogP contribution is -2.37. The summed E-state index contributed by atoms with van der Waals surface area (Å²) in [6.07, 6.45) is 0.480. The highest BCUT2D eigenvalue weighted by atomic mass is 16.6. The Morgan fingerprint density at radius 3 is 2.16 bits per heavy atom. The van der Waals surface area contributed by atoms with Gasteiger partial charge >= 0.3 is 23.9 Å². The molecule has 0 aromatic heterocycles. The molecule has 0 aliphatic rings. The highest BCUT2D eigenvalue weighted by Crippen LogP contribution is 2.29. The van der Waals surface area contributed by atoms with Crippen LogP contribution in [-0.4, -0.2) is 42.6 Å². The van der Waals surface area contributed by atoms with Crippen molar-refractivity contribution < 1.29 is 38.1 Å². The maximum atomic E-state index is 12.3. The summed E-state index contributed by atoms with van der Waals surface area (Å²) in [6, 6.07) is 3.51. The smallest absolute Gasteiger partial charge is 0.323 e. The number of carbonyl (C=O) groups is 4.